The largest absolute Gasteiger partial charge is 0.393 e. The van der Waals surface area contributed by atoms with E-state index in [2.05, 4.69) is 20.8 Å². The fraction of sp³-hybridized carbons (Fsp3) is 0.759. The van der Waals surface area contributed by atoms with Gasteiger partial charge in [-0.25, -0.2) is 0 Å². The maximum atomic E-state index is 13.3. The Morgan fingerprint density at radius 2 is 1.61 bits per heavy atom. The Labute approximate surface area is 198 Å². The van der Waals surface area contributed by atoms with Crippen LogP contribution in [-0.4, -0.2) is 33.3 Å². The zero-order valence-corrected chi connectivity index (χ0v) is 20.5. The first-order valence-corrected chi connectivity index (χ1v) is 13.3. The summed E-state index contributed by atoms with van der Waals surface area (Å²) in [4.78, 5) is 13.3. The van der Waals surface area contributed by atoms with E-state index >= 15 is 0 Å². The Morgan fingerprint density at radius 3 is 2.33 bits per heavy atom. The molecule has 3 N–H and O–H groups in total. The Kier molecular flexibility index (Phi) is 6.03. The van der Waals surface area contributed by atoms with Crippen molar-refractivity contribution in [1.82, 2.24) is 0 Å². The topological polar surface area (TPSA) is 77.8 Å². The molecule has 4 saturated carbocycles. The van der Waals surface area contributed by atoms with Gasteiger partial charge in [0.25, 0.3) is 0 Å². The number of fused-ring (bicyclic) bond motifs is 5. The molecule has 0 spiro atoms. The highest BCUT2D eigenvalue weighted by molar-refractivity contribution is 5.83. The third-order valence-electron chi connectivity index (χ3n) is 11.1. The Morgan fingerprint density at radius 1 is 0.939 bits per heavy atom. The fourth-order valence-corrected chi connectivity index (χ4v) is 9.30. The second kappa shape index (κ2) is 8.46. The number of hydrogen-bond acceptors (Lipinski definition) is 4. The molecule has 0 aliphatic heterocycles. The minimum atomic E-state index is -0.871. The van der Waals surface area contributed by atoms with Crippen molar-refractivity contribution in [2.75, 3.05) is 0 Å². The lowest BCUT2D eigenvalue weighted by atomic mass is 9.44. The van der Waals surface area contributed by atoms with E-state index in [1.54, 1.807) is 0 Å². The molecule has 0 heterocycles. The molecule has 0 saturated heterocycles. The van der Waals surface area contributed by atoms with Crippen LogP contribution in [0.2, 0.25) is 0 Å². The van der Waals surface area contributed by atoms with Crippen molar-refractivity contribution in [3.63, 3.8) is 0 Å². The Balaban J connectivity index is 1.37. The molecule has 11 atom stereocenters. The normalized spacial score (nSPS) is 45.5. The van der Waals surface area contributed by atoms with Gasteiger partial charge in [0.1, 0.15) is 11.9 Å². The van der Waals surface area contributed by atoms with E-state index in [0.717, 1.165) is 44.1 Å². The summed E-state index contributed by atoms with van der Waals surface area (Å²) < 4.78 is 0. The summed E-state index contributed by atoms with van der Waals surface area (Å²) in [6, 6.07) is 9.51. The zero-order chi connectivity index (χ0) is 23.5. The van der Waals surface area contributed by atoms with Crippen molar-refractivity contribution < 1.29 is 20.1 Å². The quantitative estimate of drug-likeness (QED) is 0.604. The summed E-state index contributed by atoms with van der Waals surface area (Å²) >= 11 is 0. The molecule has 1 aromatic rings. The smallest absolute Gasteiger partial charge is 0.136 e. The molecule has 0 unspecified atom stereocenters. The van der Waals surface area contributed by atoms with Gasteiger partial charge < -0.3 is 15.3 Å². The average Bonchev–Trinajstić information content (AvgIpc) is 3.17. The molecule has 0 bridgehead atoms. The number of Topliss-reactive ketones (excluding diaryl/α,β-unsaturated/α-hetero) is 1. The van der Waals surface area contributed by atoms with E-state index in [-0.39, 0.29) is 28.8 Å². The van der Waals surface area contributed by atoms with E-state index in [0.29, 0.717) is 42.3 Å². The van der Waals surface area contributed by atoms with Crippen LogP contribution in [-0.2, 0) is 4.79 Å². The van der Waals surface area contributed by atoms with Crippen molar-refractivity contribution in [1.29, 1.82) is 0 Å². The van der Waals surface area contributed by atoms with Gasteiger partial charge in [0, 0.05) is 12.3 Å². The number of carbonyl (C=O) groups is 1. The lowest BCUT2D eigenvalue weighted by Gasteiger charge is -2.60. The fourth-order valence-electron chi connectivity index (χ4n) is 9.30. The molecule has 4 aliphatic rings. The van der Waals surface area contributed by atoms with E-state index in [1.165, 1.54) is 0 Å². The minimum Gasteiger partial charge on any atom is -0.393 e. The van der Waals surface area contributed by atoms with Gasteiger partial charge in [0.05, 0.1) is 12.2 Å². The van der Waals surface area contributed by atoms with Gasteiger partial charge in [-0.05, 0) is 90.9 Å². The molecule has 0 amide bonds. The van der Waals surface area contributed by atoms with Crippen LogP contribution in [0.4, 0.5) is 0 Å². The molecule has 33 heavy (non-hydrogen) atoms. The van der Waals surface area contributed by atoms with Gasteiger partial charge in [-0.3, -0.25) is 4.79 Å². The maximum absolute atomic E-state index is 13.3. The molecule has 4 fully saturated rings. The van der Waals surface area contributed by atoms with E-state index in [9.17, 15) is 20.1 Å². The average molecular weight is 455 g/mol. The van der Waals surface area contributed by atoms with E-state index in [1.807, 2.05) is 30.3 Å². The Bertz CT molecular complexity index is 870. The number of benzene rings is 1. The first kappa shape index (κ1) is 23.5. The van der Waals surface area contributed by atoms with Crippen molar-refractivity contribution in [3.05, 3.63) is 35.9 Å². The zero-order valence-electron chi connectivity index (χ0n) is 20.5. The molecule has 4 nitrogen and oxygen atoms in total. The third-order valence-corrected chi connectivity index (χ3v) is 11.1. The molecular weight excluding hydrogens is 412 g/mol. The number of ketones is 1. The maximum Gasteiger partial charge on any atom is 0.136 e. The van der Waals surface area contributed by atoms with E-state index in [4.69, 9.17) is 0 Å². The van der Waals surface area contributed by atoms with Crippen molar-refractivity contribution in [2.45, 2.75) is 90.4 Å². The van der Waals surface area contributed by atoms with Crippen LogP contribution < -0.4 is 0 Å². The Hall–Kier alpha value is -1.23. The summed E-state index contributed by atoms with van der Waals surface area (Å²) in [6.45, 7) is 6.87. The van der Waals surface area contributed by atoms with Crippen LogP contribution in [0.1, 0.15) is 83.8 Å². The number of aliphatic hydroxyl groups is 3. The van der Waals surface area contributed by atoms with Gasteiger partial charge in [-0.2, -0.15) is 0 Å². The number of hydrogen-bond donors (Lipinski definition) is 3. The van der Waals surface area contributed by atoms with E-state index < -0.39 is 12.2 Å². The molecule has 0 radical (unpaired) electrons. The monoisotopic (exact) mass is 454 g/mol. The summed E-state index contributed by atoms with van der Waals surface area (Å²) in [5, 5.41) is 32.3. The summed E-state index contributed by atoms with van der Waals surface area (Å²) in [5.41, 5.74) is 0.916. The van der Waals surface area contributed by atoms with Crippen LogP contribution in [0, 0.1) is 46.3 Å². The molecule has 0 aromatic heterocycles. The second-order valence-electron chi connectivity index (χ2n) is 12.5. The SMILES string of the molecule is C[C@H]([C@@H](O)[C@H](O)c1ccccc1)[C@H]1CC[C@H]2[C@@H]3CC(=O)[C@H]4C[C@H](O)CC[C@]4(C)[C@H]3CC[C@]12C. The minimum absolute atomic E-state index is 0.000730. The molecule has 182 valence electrons. The molecule has 5 rings (SSSR count). The lowest BCUT2D eigenvalue weighted by molar-refractivity contribution is -0.161. The van der Waals surface area contributed by atoms with Gasteiger partial charge >= 0.3 is 0 Å². The van der Waals surface area contributed by atoms with Crippen LogP contribution in [0.5, 0.6) is 0 Å². The highest BCUT2D eigenvalue weighted by Gasteiger charge is 2.62. The van der Waals surface area contributed by atoms with Crippen LogP contribution in [0.25, 0.3) is 0 Å². The number of aliphatic hydroxyl groups excluding tert-OH is 3. The van der Waals surface area contributed by atoms with Gasteiger partial charge in [0.2, 0.25) is 0 Å². The van der Waals surface area contributed by atoms with Crippen molar-refractivity contribution >= 4 is 5.78 Å². The first-order valence-electron chi connectivity index (χ1n) is 13.3. The number of carbonyl (C=O) groups excluding carboxylic acids is 1. The molecule has 4 aliphatic carbocycles. The summed E-state index contributed by atoms with van der Waals surface area (Å²) in [7, 11) is 0. The molecule has 4 heteroatoms. The second-order valence-corrected chi connectivity index (χ2v) is 12.5. The third kappa shape index (κ3) is 3.63. The first-order chi connectivity index (χ1) is 15.7. The van der Waals surface area contributed by atoms with Gasteiger partial charge in [0.15, 0.2) is 0 Å². The molecular formula is C29H42O4. The molecule has 1 aromatic carbocycles. The van der Waals surface area contributed by atoms with Gasteiger partial charge in [-0.15, -0.1) is 0 Å². The van der Waals surface area contributed by atoms with Crippen LogP contribution in [0.3, 0.4) is 0 Å². The lowest BCUT2D eigenvalue weighted by Crippen LogP contribution is -2.57. The van der Waals surface area contributed by atoms with Crippen LogP contribution >= 0.6 is 0 Å². The number of rotatable bonds is 4. The highest BCUT2D eigenvalue weighted by atomic mass is 16.3. The van der Waals surface area contributed by atoms with Crippen molar-refractivity contribution in [2.24, 2.45) is 46.3 Å². The summed E-state index contributed by atoms with van der Waals surface area (Å²) in [6.07, 6.45) is 5.63. The van der Waals surface area contributed by atoms with Gasteiger partial charge in [-0.1, -0.05) is 51.1 Å². The summed E-state index contributed by atoms with van der Waals surface area (Å²) in [5.74, 6) is 2.28. The van der Waals surface area contributed by atoms with Crippen molar-refractivity contribution in [3.8, 4) is 0 Å². The van der Waals surface area contributed by atoms with Crippen LogP contribution in [0.15, 0.2) is 30.3 Å². The standard InChI is InChI=1S/C29H42O4/c1-17(26(32)27(33)18-7-5-4-6-8-18)21-9-10-22-20-16-25(31)24-15-19(30)11-13-29(24,3)23(20)12-14-28(21,22)2/h4-8,17,19-24,26-27,30,32-33H,9-16H2,1-3H3/t17-,19+,20-,21+,22-,23-,24+,26+,27+,28+,29+/m0/s1. The predicted molar refractivity (Wildman–Crippen MR) is 128 cm³/mol. The predicted octanol–water partition coefficient (Wildman–Crippen LogP) is 4.92. The highest BCUT2D eigenvalue weighted by Crippen LogP contribution is 2.68.